The third-order valence-electron chi connectivity index (χ3n) is 2.65. The molecule has 15 heavy (non-hydrogen) atoms. The van der Waals surface area contributed by atoms with Gasteiger partial charge in [-0.2, -0.15) is 0 Å². The van der Waals surface area contributed by atoms with E-state index < -0.39 is 0 Å². The Morgan fingerprint density at radius 1 is 1.20 bits per heavy atom. The van der Waals surface area contributed by atoms with Gasteiger partial charge in [-0.1, -0.05) is 11.2 Å². The zero-order valence-corrected chi connectivity index (χ0v) is 11.4. The maximum atomic E-state index is 5.23. The smallest absolute Gasteiger partial charge is 0.0488 e. The summed E-state index contributed by atoms with van der Waals surface area (Å²) >= 11 is 5.23. The SMILES string of the molecule is COCCCN1CCN(CS(C)=S)CC1. The van der Waals surface area contributed by atoms with E-state index in [1.165, 1.54) is 32.7 Å². The first-order valence-electron chi connectivity index (χ1n) is 5.46. The molecule has 0 radical (unpaired) electrons. The molecule has 1 fully saturated rings. The predicted molar refractivity (Wildman–Crippen MR) is 70.0 cm³/mol. The molecular weight excluding hydrogens is 228 g/mol. The van der Waals surface area contributed by atoms with Crippen molar-refractivity contribution in [1.29, 1.82) is 0 Å². The average molecular weight is 250 g/mol. The molecule has 1 aliphatic heterocycles. The molecule has 3 nitrogen and oxygen atoms in total. The minimum Gasteiger partial charge on any atom is -0.385 e. The van der Waals surface area contributed by atoms with Crippen molar-refractivity contribution in [2.75, 3.05) is 58.6 Å². The Kier molecular flexibility index (Phi) is 6.92. The molecule has 0 N–H and O–H groups in total. The van der Waals surface area contributed by atoms with Crippen LogP contribution >= 0.6 is 0 Å². The summed E-state index contributed by atoms with van der Waals surface area (Å²) in [7, 11) is 1.91. The second-order valence-corrected chi connectivity index (χ2v) is 7.12. The Morgan fingerprint density at radius 2 is 1.80 bits per heavy atom. The molecule has 1 atom stereocenters. The quantitative estimate of drug-likeness (QED) is 0.630. The molecule has 0 amide bonds. The largest absolute Gasteiger partial charge is 0.385 e. The van der Waals surface area contributed by atoms with E-state index in [1.54, 1.807) is 7.11 Å². The molecule has 1 aliphatic rings. The molecule has 0 spiro atoms. The number of hydrogen-bond acceptors (Lipinski definition) is 4. The van der Waals surface area contributed by atoms with Crippen molar-refractivity contribution in [3.05, 3.63) is 0 Å². The zero-order chi connectivity index (χ0) is 11.1. The molecule has 5 heteroatoms. The maximum absolute atomic E-state index is 5.23. The van der Waals surface area contributed by atoms with E-state index in [1.807, 2.05) is 0 Å². The molecule has 90 valence electrons. The number of rotatable bonds is 6. The van der Waals surface area contributed by atoms with Crippen LogP contribution in [0, 0.1) is 0 Å². The van der Waals surface area contributed by atoms with Gasteiger partial charge in [0.25, 0.3) is 0 Å². The van der Waals surface area contributed by atoms with Crippen LogP contribution in [0.15, 0.2) is 0 Å². The average Bonchev–Trinajstić information content (AvgIpc) is 2.20. The highest BCUT2D eigenvalue weighted by atomic mass is 32.8. The van der Waals surface area contributed by atoms with E-state index in [2.05, 4.69) is 16.1 Å². The Balaban J connectivity index is 2.10. The first-order chi connectivity index (χ1) is 7.22. The summed E-state index contributed by atoms with van der Waals surface area (Å²) in [6.45, 7) is 6.80. The minimum atomic E-state index is 0.140. The molecule has 0 saturated carbocycles. The van der Waals surface area contributed by atoms with Crippen molar-refractivity contribution >= 4 is 20.6 Å². The van der Waals surface area contributed by atoms with E-state index >= 15 is 0 Å². The molecule has 1 rings (SSSR count). The zero-order valence-electron chi connectivity index (χ0n) is 9.78. The van der Waals surface area contributed by atoms with Gasteiger partial charge >= 0.3 is 0 Å². The van der Waals surface area contributed by atoms with Crippen LogP contribution in [0.4, 0.5) is 0 Å². The van der Waals surface area contributed by atoms with Gasteiger partial charge in [0, 0.05) is 52.3 Å². The first-order valence-corrected chi connectivity index (χ1v) is 8.19. The molecular formula is C10H22N2OS2. The molecule has 0 aliphatic carbocycles. The van der Waals surface area contributed by atoms with Gasteiger partial charge in [-0.05, 0) is 12.7 Å². The summed E-state index contributed by atoms with van der Waals surface area (Å²) in [6.07, 6.45) is 3.29. The summed E-state index contributed by atoms with van der Waals surface area (Å²) < 4.78 is 5.06. The fraction of sp³-hybridized carbons (Fsp3) is 1.00. The highest BCUT2D eigenvalue weighted by Gasteiger charge is 2.15. The number of piperazine rings is 1. The van der Waals surface area contributed by atoms with Crippen molar-refractivity contribution < 1.29 is 4.74 Å². The third kappa shape index (κ3) is 5.92. The summed E-state index contributed by atoms with van der Waals surface area (Å²) in [5.74, 6) is 1.10. The predicted octanol–water partition coefficient (Wildman–Crippen LogP) is 0.308. The Bertz CT molecular complexity index is 194. The van der Waals surface area contributed by atoms with Crippen molar-refractivity contribution in [2.24, 2.45) is 0 Å². The third-order valence-corrected chi connectivity index (χ3v) is 3.70. The lowest BCUT2D eigenvalue weighted by molar-refractivity contribution is 0.128. The van der Waals surface area contributed by atoms with Crippen LogP contribution in [0.5, 0.6) is 0 Å². The highest BCUT2D eigenvalue weighted by Crippen LogP contribution is 2.02. The van der Waals surface area contributed by atoms with Crippen molar-refractivity contribution in [3.8, 4) is 0 Å². The number of nitrogens with zero attached hydrogens (tertiary/aromatic N) is 2. The highest BCUT2D eigenvalue weighted by molar-refractivity contribution is 8.28. The summed E-state index contributed by atoms with van der Waals surface area (Å²) in [5, 5.41) is 0. The molecule has 1 unspecified atom stereocenters. The molecule has 0 aromatic carbocycles. The lowest BCUT2D eigenvalue weighted by Crippen LogP contribution is -2.47. The second-order valence-electron chi connectivity index (χ2n) is 4.01. The van der Waals surface area contributed by atoms with Crippen LogP contribution in [0.2, 0.25) is 0 Å². The summed E-state index contributed by atoms with van der Waals surface area (Å²) in [4.78, 5) is 5.01. The van der Waals surface area contributed by atoms with Gasteiger partial charge < -0.3 is 9.64 Å². The van der Waals surface area contributed by atoms with Crippen LogP contribution in [-0.4, -0.2) is 68.4 Å². The number of methoxy groups -OCH3 is 1. The van der Waals surface area contributed by atoms with Crippen LogP contribution < -0.4 is 0 Å². The van der Waals surface area contributed by atoms with E-state index in [0.717, 1.165) is 18.9 Å². The summed E-state index contributed by atoms with van der Waals surface area (Å²) in [6, 6.07) is 0. The molecule has 1 heterocycles. The maximum Gasteiger partial charge on any atom is 0.0488 e. The fourth-order valence-electron chi connectivity index (χ4n) is 1.83. The second kappa shape index (κ2) is 7.68. The topological polar surface area (TPSA) is 15.7 Å². The van der Waals surface area contributed by atoms with Gasteiger partial charge in [0.2, 0.25) is 0 Å². The van der Waals surface area contributed by atoms with Crippen molar-refractivity contribution in [3.63, 3.8) is 0 Å². The monoisotopic (exact) mass is 250 g/mol. The Labute approximate surface area is 100 Å². The molecule has 1 saturated heterocycles. The summed E-state index contributed by atoms with van der Waals surface area (Å²) in [5.41, 5.74) is 0. The van der Waals surface area contributed by atoms with Crippen LogP contribution in [0.25, 0.3) is 0 Å². The van der Waals surface area contributed by atoms with Gasteiger partial charge in [-0.25, -0.2) is 0 Å². The van der Waals surface area contributed by atoms with Crippen LogP contribution in [0.3, 0.4) is 0 Å². The fourth-order valence-corrected chi connectivity index (χ4v) is 3.05. The normalized spacial score (nSPS) is 21.7. The van der Waals surface area contributed by atoms with Gasteiger partial charge in [-0.3, -0.25) is 4.90 Å². The lowest BCUT2D eigenvalue weighted by atomic mass is 10.3. The molecule has 0 aromatic heterocycles. The van der Waals surface area contributed by atoms with Crippen LogP contribution in [0.1, 0.15) is 6.42 Å². The van der Waals surface area contributed by atoms with Gasteiger partial charge in [0.05, 0.1) is 0 Å². The van der Waals surface area contributed by atoms with Crippen molar-refractivity contribution in [1.82, 2.24) is 9.80 Å². The van der Waals surface area contributed by atoms with Crippen molar-refractivity contribution in [2.45, 2.75) is 6.42 Å². The van der Waals surface area contributed by atoms with Crippen LogP contribution in [-0.2, 0) is 25.4 Å². The minimum absolute atomic E-state index is 0.140. The van der Waals surface area contributed by atoms with E-state index in [9.17, 15) is 0 Å². The van der Waals surface area contributed by atoms with Gasteiger partial charge in [-0.15, -0.1) is 9.45 Å². The Hall–Kier alpha value is 0.450. The molecule has 0 bridgehead atoms. The first kappa shape index (κ1) is 13.5. The molecule has 0 aromatic rings. The number of ether oxygens (including phenoxy) is 1. The number of hydrogen-bond donors (Lipinski definition) is 0. The lowest BCUT2D eigenvalue weighted by Gasteiger charge is -2.34. The van der Waals surface area contributed by atoms with Gasteiger partial charge in [0.1, 0.15) is 0 Å². The Morgan fingerprint density at radius 3 is 2.33 bits per heavy atom. The standard InChI is InChI=1S/C10H22N2OS2/c1-13-9-3-4-11-5-7-12(8-6-11)10-15(2)14/h3-10H2,1-2H3. The van der Waals surface area contributed by atoms with E-state index in [-0.39, 0.29) is 9.45 Å². The van der Waals surface area contributed by atoms with E-state index in [4.69, 9.17) is 15.9 Å². The van der Waals surface area contributed by atoms with E-state index in [0.29, 0.717) is 0 Å². The van der Waals surface area contributed by atoms with Gasteiger partial charge in [0.15, 0.2) is 0 Å².